The number of carbonyl (C=O) groups is 5. The summed E-state index contributed by atoms with van der Waals surface area (Å²) in [5.41, 5.74) is 23.2. The van der Waals surface area contributed by atoms with E-state index in [9.17, 15) is 29.1 Å². The van der Waals surface area contributed by atoms with E-state index in [1.165, 1.54) is 19.1 Å². The van der Waals surface area contributed by atoms with E-state index in [-0.39, 0.29) is 69.3 Å². The van der Waals surface area contributed by atoms with E-state index in [0.717, 1.165) is 16.3 Å². The van der Waals surface area contributed by atoms with Gasteiger partial charge >= 0.3 is 0 Å². The second-order valence-corrected chi connectivity index (χ2v) is 13.1. The summed E-state index contributed by atoms with van der Waals surface area (Å²) in [5, 5.41) is 25.3. The highest BCUT2D eigenvalue weighted by molar-refractivity contribution is 5.98. The van der Waals surface area contributed by atoms with Crippen LogP contribution in [0.15, 0.2) is 76.7 Å². The number of aliphatic imine (C=N–C) groups is 2. The predicted molar refractivity (Wildman–Crippen MR) is 205 cm³/mol. The zero-order valence-corrected chi connectivity index (χ0v) is 30.1. The molecule has 17 heteroatoms. The van der Waals surface area contributed by atoms with Gasteiger partial charge in [-0.15, -0.1) is 0 Å². The van der Waals surface area contributed by atoms with Crippen LogP contribution in [0.4, 0.5) is 0 Å². The molecule has 3 aromatic rings. The molecule has 1 aliphatic heterocycles. The summed E-state index contributed by atoms with van der Waals surface area (Å²) >= 11 is 0. The van der Waals surface area contributed by atoms with Gasteiger partial charge in [-0.2, -0.15) is 0 Å². The molecule has 0 aliphatic carbocycles. The molecule has 5 atom stereocenters. The lowest BCUT2D eigenvalue weighted by Gasteiger charge is -2.26. The molecule has 0 unspecified atom stereocenters. The number of hydrogen-bond donors (Lipinski definition) is 10. The molecular formula is C37H49N11O6. The highest BCUT2D eigenvalue weighted by atomic mass is 16.3. The van der Waals surface area contributed by atoms with Crippen LogP contribution < -0.4 is 49.5 Å². The minimum absolute atomic E-state index is 0.0115. The molecule has 0 saturated carbocycles. The van der Waals surface area contributed by atoms with Gasteiger partial charge in [0.2, 0.25) is 29.5 Å². The van der Waals surface area contributed by atoms with Crippen molar-refractivity contribution in [2.75, 3.05) is 13.1 Å². The average Bonchev–Trinajstić information content (AvgIpc) is 3.13. The van der Waals surface area contributed by atoms with Crippen LogP contribution in [0.25, 0.3) is 10.8 Å². The molecule has 0 radical (unpaired) electrons. The summed E-state index contributed by atoms with van der Waals surface area (Å²) in [4.78, 5) is 77.2. The molecule has 0 bridgehead atoms. The molecule has 14 N–H and O–H groups in total. The fourth-order valence-electron chi connectivity index (χ4n) is 5.93. The van der Waals surface area contributed by atoms with Gasteiger partial charge in [0.15, 0.2) is 11.9 Å². The van der Waals surface area contributed by atoms with Crippen molar-refractivity contribution in [3.63, 3.8) is 0 Å². The van der Waals surface area contributed by atoms with Crippen molar-refractivity contribution in [2.45, 2.75) is 75.7 Å². The fourth-order valence-corrected chi connectivity index (χ4v) is 5.93. The Morgan fingerprint density at radius 3 is 1.57 bits per heavy atom. The van der Waals surface area contributed by atoms with Gasteiger partial charge in [-0.25, -0.2) is 0 Å². The Balaban J connectivity index is 1.71. The first kappa shape index (κ1) is 40.4. The molecule has 1 aliphatic rings. The second kappa shape index (κ2) is 19.4. The Morgan fingerprint density at radius 2 is 1.02 bits per heavy atom. The summed E-state index contributed by atoms with van der Waals surface area (Å²) in [7, 11) is 0. The Labute approximate surface area is 312 Å². The van der Waals surface area contributed by atoms with Crippen molar-refractivity contribution in [1.29, 1.82) is 0 Å². The minimum atomic E-state index is -1.21. The highest BCUT2D eigenvalue weighted by Crippen LogP contribution is 2.18. The largest absolute Gasteiger partial charge is 0.508 e. The quantitative estimate of drug-likeness (QED) is 0.0607. The number of guanidine groups is 2. The maximum absolute atomic E-state index is 14.0. The smallest absolute Gasteiger partial charge is 0.243 e. The van der Waals surface area contributed by atoms with Crippen molar-refractivity contribution in [1.82, 2.24) is 26.6 Å². The van der Waals surface area contributed by atoms with E-state index in [1.54, 1.807) is 12.1 Å². The Kier molecular flexibility index (Phi) is 14.5. The number of hydrogen-bond acceptors (Lipinski definition) is 8. The third kappa shape index (κ3) is 12.4. The van der Waals surface area contributed by atoms with E-state index >= 15 is 0 Å². The maximum Gasteiger partial charge on any atom is 0.243 e. The number of fused-ring (bicyclic) bond motifs is 1. The van der Waals surface area contributed by atoms with Gasteiger partial charge < -0.3 is 54.6 Å². The molecular weight excluding hydrogens is 694 g/mol. The van der Waals surface area contributed by atoms with Gasteiger partial charge in [0, 0.05) is 25.9 Å². The van der Waals surface area contributed by atoms with E-state index in [4.69, 9.17) is 22.9 Å². The van der Waals surface area contributed by atoms with Crippen LogP contribution in [0.2, 0.25) is 0 Å². The van der Waals surface area contributed by atoms with Crippen LogP contribution in [-0.4, -0.2) is 89.9 Å². The lowest BCUT2D eigenvalue weighted by molar-refractivity contribution is -0.134. The number of aromatic hydroxyl groups is 1. The predicted octanol–water partition coefficient (Wildman–Crippen LogP) is -1.10. The summed E-state index contributed by atoms with van der Waals surface area (Å²) < 4.78 is 0. The molecule has 288 valence electrons. The van der Waals surface area contributed by atoms with Crippen molar-refractivity contribution >= 4 is 52.2 Å². The summed E-state index contributed by atoms with van der Waals surface area (Å²) in [6.07, 6.45) is 0.742. The molecule has 54 heavy (non-hydrogen) atoms. The summed E-state index contributed by atoms with van der Waals surface area (Å²) in [5.74, 6) is -3.67. The van der Waals surface area contributed by atoms with Crippen LogP contribution in [0.5, 0.6) is 5.75 Å². The van der Waals surface area contributed by atoms with Crippen molar-refractivity contribution in [2.24, 2.45) is 32.9 Å². The Bertz CT molecular complexity index is 1860. The van der Waals surface area contributed by atoms with Gasteiger partial charge in [-0.3, -0.25) is 34.0 Å². The SMILES string of the molecule is C[C@@H]1NC(=O)[C@H](Cc2ccc3ccccc3c2)NC(=O)[C@H](CCCN=C(N)N)NC(=O)[C@@H](CCCN=C(N)N)NC(=O)[C@@H](Cc2ccc(O)cc2)NC1=O. The fraction of sp³-hybridized carbons (Fsp3) is 0.378. The molecule has 1 fully saturated rings. The van der Waals surface area contributed by atoms with Crippen LogP contribution >= 0.6 is 0 Å². The molecule has 0 spiro atoms. The topological polar surface area (TPSA) is 295 Å². The van der Waals surface area contributed by atoms with Crippen molar-refractivity contribution in [3.8, 4) is 5.75 Å². The van der Waals surface area contributed by atoms with E-state index in [0.29, 0.717) is 5.56 Å². The van der Waals surface area contributed by atoms with E-state index in [1.807, 2.05) is 42.5 Å². The number of benzene rings is 3. The molecule has 1 saturated heterocycles. The molecule has 0 aromatic heterocycles. The number of amides is 5. The van der Waals surface area contributed by atoms with E-state index in [2.05, 4.69) is 36.6 Å². The third-order valence-electron chi connectivity index (χ3n) is 8.80. The monoisotopic (exact) mass is 743 g/mol. The normalized spacial score (nSPS) is 21.3. The van der Waals surface area contributed by atoms with Gasteiger partial charge in [0.25, 0.3) is 0 Å². The number of phenolic OH excluding ortho intramolecular Hbond substituents is 1. The molecule has 1 heterocycles. The molecule has 17 nitrogen and oxygen atoms in total. The number of nitrogens with zero attached hydrogens (tertiary/aromatic N) is 2. The lowest BCUT2D eigenvalue weighted by Crippen LogP contribution is -2.58. The molecule has 4 rings (SSSR count). The first-order valence-electron chi connectivity index (χ1n) is 17.7. The average molecular weight is 744 g/mol. The second-order valence-electron chi connectivity index (χ2n) is 13.1. The molecule has 3 aromatic carbocycles. The number of phenols is 1. The molecule has 5 amide bonds. The maximum atomic E-state index is 14.0. The first-order chi connectivity index (χ1) is 25.8. The number of nitrogens with one attached hydrogen (secondary N) is 5. The summed E-state index contributed by atoms with van der Waals surface area (Å²) in [6, 6.07) is 13.6. The first-order valence-corrected chi connectivity index (χ1v) is 17.7. The standard InChI is InChI=1S/C37H49N11O6/c1-21-31(50)47-29(19-22-11-14-26(49)15-12-22)35(54)46-27(8-4-16-42-36(38)39)32(51)45-28(9-5-17-43-37(40)41)33(52)48-30(34(53)44-21)20-23-10-13-24-6-2-3-7-25(24)18-23/h2-3,6-7,10-15,18,21,27-30,49H,4-5,8-9,16-17,19-20H2,1H3,(H,44,53)(H,45,51)(H,46,54)(H,47,50)(H,48,52)(H4,38,39,42)(H4,40,41,43)/t21-,27+,28-,29+,30-/m0/s1. The zero-order chi connectivity index (χ0) is 39.2. The Morgan fingerprint density at radius 1 is 0.574 bits per heavy atom. The van der Waals surface area contributed by atoms with Crippen LogP contribution in [-0.2, 0) is 36.8 Å². The number of carbonyl (C=O) groups excluding carboxylic acids is 5. The lowest BCUT2D eigenvalue weighted by atomic mass is 10.00. The number of rotatable bonds is 12. The zero-order valence-electron chi connectivity index (χ0n) is 30.1. The van der Waals surface area contributed by atoms with Gasteiger partial charge in [0.1, 0.15) is 36.0 Å². The van der Waals surface area contributed by atoms with Crippen LogP contribution in [0.3, 0.4) is 0 Å². The third-order valence-corrected chi connectivity index (χ3v) is 8.80. The van der Waals surface area contributed by atoms with E-state index < -0.39 is 59.7 Å². The van der Waals surface area contributed by atoms with Crippen molar-refractivity contribution in [3.05, 3.63) is 77.9 Å². The van der Waals surface area contributed by atoms with Crippen LogP contribution in [0, 0.1) is 0 Å². The van der Waals surface area contributed by atoms with Crippen LogP contribution in [0.1, 0.15) is 43.7 Å². The van der Waals surface area contributed by atoms with Gasteiger partial charge in [-0.05, 0) is 66.6 Å². The van der Waals surface area contributed by atoms with Crippen molar-refractivity contribution < 1.29 is 29.1 Å². The number of nitrogens with two attached hydrogens (primary N) is 4. The van der Waals surface area contributed by atoms with Gasteiger partial charge in [-0.1, -0.05) is 54.6 Å². The Hall–Kier alpha value is -6.39. The van der Waals surface area contributed by atoms with Gasteiger partial charge in [0.05, 0.1) is 0 Å². The summed E-state index contributed by atoms with van der Waals surface area (Å²) in [6.45, 7) is 1.77. The highest BCUT2D eigenvalue weighted by Gasteiger charge is 2.33. The minimum Gasteiger partial charge on any atom is -0.508 e.